The molecule has 0 aliphatic carbocycles. The summed E-state index contributed by atoms with van der Waals surface area (Å²) in [6.07, 6.45) is 3.17. The zero-order valence-electron chi connectivity index (χ0n) is 24.2. The largest absolute Gasteiger partial charge is 0.504 e. The van der Waals surface area contributed by atoms with Crippen LogP contribution < -0.4 is 32.0 Å². The molecule has 0 spiro atoms. The maximum absolute atomic E-state index is 15.6. The number of aromatic hydroxyl groups is 1. The molecule has 0 bridgehead atoms. The first-order chi connectivity index (χ1) is 21.4. The minimum Gasteiger partial charge on any atom is -0.504 e. The van der Waals surface area contributed by atoms with E-state index in [9.17, 15) is 19.4 Å². The van der Waals surface area contributed by atoms with E-state index in [1.165, 1.54) is 30.3 Å². The third kappa shape index (κ3) is 8.11. The number of amidine groups is 1. The highest BCUT2D eigenvalue weighted by atomic mass is 19.1. The van der Waals surface area contributed by atoms with Crippen LogP contribution in [0.25, 0.3) is 0 Å². The lowest BCUT2D eigenvalue weighted by Crippen LogP contribution is -2.29. The number of nitrogens with one attached hydrogen (secondary N) is 2. The van der Waals surface area contributed by atoms with E-state index in [4.69, 9.17) is 32.1 Å². The molecule has 238 valence electrons. The van der Waals surface area contributed by atoms with Gasteiger partial charge < -0.3 is 42.2 Å². The number of hydrogen-bond donors (Lipinski definition) is 7. The monoisotopic (exact) mass is 625 g/mol. The van der Waals surface area contributed by atoms with Crippen molar-refractivity contribution in [1.82, 2.24) is 9.88 Å². The van der Waals surface area contributed by atoms with E-state index in [2.05, 4.69) is 20.3 Å². The second-order valence-electron chi connectivity index (χ2n) is 10.1. The number of unbranched alkanes of at least 4 members (excludes halogenated alkanes) is 1. The van der Waals surface area contributed by atoms with Gasteiger partial charge in [-0.05, 0) is 62.7 Å². The normalized spacial score (nSPS) is 15.0. The molecule has 2 atom stereocenters. The van der Waals surface area contributed by atoms with Crippen molar-refractivity contribution in [2.45, 2.75) is 31.5 Å². The summed E-state index contributed by atoms with van der Waals surface area (Å²) in [5, 5.41) is 30.5. The molecule has 0 saturated heterocycles. The molecule has 0 amide bonds. The Labute approximate surface area is 256 Å². The molecule has 0 radical (unpaired) electrons. The van der Waals surface area contributed by atoms with Crippen LogP contribution in [0.5, 0.6) is 28.9 Å². The number of aromatic nitrogens is 1. The Morgan fingerprint density at radius 1 is 1.18 bits per heavy atom. The Morgan fingerprint density at radius 3 is 2.62 bits per heavy atom. The number of pyridine rings is 1. The Balaban J connectivity index is 1.62. The van der Waals surface area contributed by atoms with Crippen molar-refractivity contribution >= 4 is 29.7 Å². The van der Waals surface area contributed by atoms with Crippen molar-refractivity contribution in [3.8, 4) is 28.9 Å². The van der Waals surface area contributed by atoms with E-state index in [1.54, 1.807) is 19.3 Å². The fourth-order valence-electron chi connectivity index (χ4n) is 4.44. The summed E-state index contributed by atoms with van der Waals surface area (Å²) in [6, 6.07) is 7.40. The van der Waals surface area contributed by atoms with Gasteiger partial charge in [0.2, 0.25) is 11.6 Å². The van der Waals surface area contributed by atoms with Gasteiger partial charge in [0.25, 0.3) is 5.88 Å². The standard InChI is InChI=1S/C29H33F2N9O5/c1-40-11-10-36-26(40)17-13-16(39-19(28(42)43)4-2-3-9-37-29(34)35)6-8-21(17)44-24-18(30)14-38-27(23(24)31)45-22-12-15(25(32)33)5-7-20(22)41/h5-8,10,12-14,19,26,39,41H,2-4,9,11H2,1H3,(H3,32,33)(H,42,43)(H4,34,35,37). The number of benzene rings is 2. The van der Waals surface area contributed by atoms with E-state index in [0.29, 0.717) is 43.4 Å². The maximum atomic E-state index is 15.6. The first-order valence-corrected chi connectivity index (χ1v) is 13.7. The van der Waals surface area contributed by atoms with E-state index >= 15 is 4.39 Å². The van der Waals surface area contributed by atoms with Crippen LogP contribution in [0.15, 0.2) is 52.6 Å². The topological polar surface area (TPSA) is 231 Å². The number of carboxylic acids is 1. The zero-order chi connectivity index (χ0) is 32.7. The van der Waals surface area contributed by atoms with Gasteiger partial charge in [-0.25, -0.2) is 14.2 Å². The minimum atomic E-state index is -1.30. The number of nitrogens with two attached hydrogens (primary N) is 3. The predicted molar refractivity (Wildman–Crippen MR) is 163 cm³/mol. The van der Waals surface area contributed by atoms with Crippen LogP contribution in [0.1, 0.15) is 36.6 Å². The summed E-state index contributed by atoms with van der Waals surface area (Å²) in [5.41, 5.74) is 17.1. The average Bonchev–Trinajstić information content (AvgIpc) is 3.42. The fraction of sp³-hybridized carbons (Fsp3) is 0.276. The Bertz CT molecular complexity index is 1630. The number of phenolic OH excluding ortho intramolecular Hbond substituents is 1. The van der Waals surface area contributed by atoms with Crippen LogP contribution in [-0.4, -0.2) is 70.3 Å². The quantitative estimate of drug-likeness (QED) is 0.0780. The number of halogens is 2. The number of carbonyl (C=O) groups is 1. The number of rotatable bonds is 14. The predicted octanol–water partition coefficient (Wildman–Crippen LogP) is 3.26. The van der Waals surface area contributed by atoms with E-state index < -0.39 is 47.2 Å². The number of anilines is 1. The number of guanidine groups is 1. The van der Waals surface area contributed by atoms with E-state index in [0.717, 1.165) is 0 Å². The number of nitrogen functional groups attached to an aromatic ring is 1. The Hall–Kier alpha value is -5.51. The highest BCUT2D eigenvalue weighted by Crippen LogP contribution is 2.40. The van der Waals surface area contributed by atoms with E-state index in [1.807, 2.05) is 4.90 Å². The Kier molecular flexibility index (Phi) is 10.3. The van der Waals surface area contributed by atoms with Gasteiger partial charge in [-0.2, -0.15) is 4.39 Å². The van der Waals surface area contributed by atoms with Crippen molar-refractivity contribution in [2.24, 2.45) is 27.2 Å². The summed E-state index contributed by atoms with van der Waals surface area (Å²) in [6.45, 7) is 0.867. The zero-order valence-corrected chi connectivity index (χ0v) is 24.2. The molecular weight excluding hydrogens is 592 g/mol. The van der Waals surface area contributed by atoms with Crippen LogP contribution in [0.3, 0.4) is 0 Å². The highest BCUT2D eigenvalue weighted by molar-refractivity contribution is 5.95. The number of carboxylic acid groups (broad SMARTS) is 1. The molecule has 1 aliphatic rings. The van der Waals surface area contributed by atoms with Gasteiger partial charge in [-0.15, -0.1) is 0 Å². The molecule has 10 N–H and O–H groups in total. The number of phenols is 1. The summed E-state index contributed by atoms with van der Waals surface area (Å²) in [5.74, 6) is -6.02. The number of ether oxygens (including phenoxy) is 2. The number of aliphatic carboxylic acids is 1. The molecule has 2 aromatic carbocycles. The molecule has 16 heteroatoms. The van der Waals surface area contributed by atoms with E-state index in [-0.39, 0.29) is 35.3 Å². The van der Waals surface area contributed by atoms with Crippen LogP contribution in [-0.2, 0) is 4.79 Å². The third-order valence-corrected chi connectivity index (χ3v) is 6.74. The summed E-state index contributed by atoms with van der Waals surface area (Å²) in [4.78, 5) is 25.8. The summed E-state index contributed by atoms with van der Waals surface area (Å²) in [7, 11) is 1.79. The third-order valence-electron chi connectivity index (χ3n) is 6.74. The van der Waals surface area contributed by atoms with Crippen LogP contribution in [0.2, 0.25) is 0 Å². The SMILES string of the molecule is CN1CC=NC1c1cc(NC(CCCCN=C(N)N)C(=O)O)ccc1Oc1c(F)cnc(Oc2cc(C(=N)N)ccc2O)c1F. The van der Waals surface area contributed by atoms with Crippen LogP contribution >= 0.6 is 0 Å². The molecular formula is C29H33F2N9O5. The molecule has 1 aromatic heterocycles. The molecule has 4 rings (SSSR count). The second-order valence-corrected chi connectivity index (χ2v) is 10.1. The Morgan fingerprint density at radius 2 is 1.96 bits per heavy atom. The fourth-order valence-corrected chi connectivity index (χ4v) is 4.44. The number of nitrogens with zero attached hydrogens (tertiary/aromatic N) is 4. The van der Waals surface area contributed by atoms with Gasteiger partial charge in [0.05, 0.1) is 6.20 Å². The highest BCUT2D eigenvalue weighted by Gasteiger charge is 2.27. The molecule has 0 saturated carbocycles. The van der Waals surface area contributed by atoms with Crippen LogP contribution in [0.4, 0.5) is 14.5 Å². The van der Waals surface area contributed by atoms with Gasteiger partial charge in [-0.1, -0.05) is 0 Å². The summed E-state index contributed by atoms with van der Waals surface area (Å²) >= 11 is 0. The molecule has 2 heterocycles. The summed E-state index contributed by atoms with van der Waals surface area (Å²) < 4.78 is 41.7. The number of hydrogen-bond acceptors (Lipinski definition) is 10. The van der Waals surface area contributed by atoms with Gasteiger partial charge in [0.1, 0.15) is 23.8 Å². The molecule has 14 nitrogen and oxygen atoms in total. The molecule has 0 fully saturated rings. The van der Waals surface area contributed by atoms with Crippen molar-refractivity contribution in [1.29, 1.82) is 5.41 Å². The van der Waals surface area contributed by atoms with Gasteiger partial charge in [0, 0.05) is 36.1 Å². The van der Waals surface area contributed by atoms with Crippen molar-refractivity contribution < 1.29 is 33.3 Å². The van der Waals surface area contributed by atoms with Crippen molar-refractivity contribution in [3.63, 3.8) is 0 Å². The molecule has 45 heavy (non-hydrogen) atoms. The molecule has 2 unspecified atom stereocenters. The van der Waals surface area contributed by atoms with Gasteiger partial charge in [-0.3, -0.25) is 20.3 Å². The smallest absolute Gasteiger partial charge is 0.326 e. The van der Waals surface area contributed by atoms with Gasteiger partial charge in [0.15, 0.2) is 23.3 Å². The first-order valence-electron chi connectivity index (χ1n) is 13.7. The maximum Gasteiger partial charge on any atom is 0.326 e. The lowest BCUT2D eigenvalue weighted by Gasteiger charge is -2.23. The van der Waals surface area contributed by atoms with Crippen molar-refractivity contribution in [2.75, 3.05) is 25.5 Å². The second kappa shape index (κ2) is 14.3. The van der Waals surface area contributed by atoms with Gasteiger partial charge >= 0.3 is 5.97 Å². The van der Waals surface area contributed by atoms with Crippen LogP contribution in [0, 0.1) is 17.0 Å². The average molecular weight is 626 g/mol. The minimum absolute atomic E-state index is 0.0358. The first kappa shape index (κ1) is 32.4. The van der Waals surface area contributed by atoms with Crippen molar-refractivity contribution in [3.05, 3.63) is 65.4 Å². The molecule has 3 aromatic rings. The number of aliphatic imine (C=N–C) groups is 2. The lowest BCUT2D eigenvalue weighted by molar-refractivity contribution is -0.138. The molecule has 1 aliphatic heterocycles. The lowest BCUT2D eigenvalue weighted by atomic mass is 10.1.